The van der Waals surface area contributed by atoms with Gasteiger partial charge >= 0.3 is 0 Å². The third-order valence-corrected chi connectivity index (χ3v) is 3.44. The normalized spacial score (nSPS) is 33.3. The van der Waals surface area contributed by atoms with Gasteiger partial charge in [0.2, 0.25) is 0 Å². The van der Waals surface area contributed by atoms with Crippen LogP contribution in [0.2, 0.25) is 0 Å². The van der Waals surface area contributed by atoms with Crippen molar-refractivity contribution in [1.29, 1.82) is 5.26 Å². The Hall–Kier alpha value is -0.840. The molecule has 1 rings (SSSR count). The Bertz CT molecular complexity index is 237. The number of carbonyl (C=O) groups excluding carboxylic acids is 1. The first-order chi connectivity index (χ1) is 5.50. The number of Topliss-reactive ketones (excluding diaryl/α,β-unsaturated/α-hetero) is 1. The summed E-state index contributed by atoms with van der Waals surface area (Å²) in [4.78, 5) is 11.4. The minimum absolute atomic E-state index is 0.0206. The molecule has 1 unspecified atom stereocenters. The van der Waals surface area contributed by atoms with Crippen LogP contribution in [0.1, 0.15) is 33.6 Å². The molecule has 0 bridgehead atoms. The molecule has 0 aromatic heterocycles. The molecule has 1 saturated carbocycles. The first-order valence-corrected chi connectivity index (χ1v) is 4.39. The van der Waals surface area contributed by atoms with E-state index in [1.807, 2.05) is 6.92 Å². The van der Waals surface area contributed by atoms with Gasteiger partial charge in [-0.25, -0.2) is 0 Å². The Kier molecular flexibility index (Phi) is 2.23. The zero-order valence-electron chi connectivity index (χ0n) is 7.92. The third-order valence-electron chi connectivity index (χ3n) is 3.44. The second-order valence-corrected chi connectivity index (χ2v) is 4.27. The van der Waals surface area contributed by atoms with Crippen LogP contribution in [0.5, 0.6) is 0 Å². The molecule has 1 aliphatic rings. The molecule has 2 heteroatoms. The molecule has 0 saturated heterocycles. The van der Waals surface area contributed by atoms with E-state index in [4.69, 9.17) is 5.26 Å². The van der Waals surface area contributed by atoms with E-state index in [0.29, 0.717) is 18.6 Å². The fraction of sp³-hybridized carbons (Fsp3) is 0.800. The Labute approximate surface area is 73.6 Å². The van der Waals surface area contributed by atoms with Gasteiger partial charge in [0.25, 0.3) is 0 Å². The average molecular weight is 165 g/mol. The Morgan fingerprint density at radius 1 is 1.67 bits per heavy atom. The molecule has 0 aromatic rings. The number of carbonyl (C=O) groups is 1. The minimum atomic E-state index is 0.0206. The molecule has 0 radical (unpaired) electrons. The summed E-state index contributed by atoms with van der Waals surface area (Å²) in [5, 5.41) is 8.57. The summed E-state index contributed by atoms with van der Waals surface area (Å²) in [6.45, 7) is 6.15. The summed E-state index contributed by atoms with van der Waals surface area (Å²) in [6, 6.07) is 2.15. The van der Waals surface area contributed by atoms with Crippen LogP contribution in [0, 0.1) is 28.6 Å². The number of hydrogen-bond acceptors (Lipinski definition) is 2. The highest BCUT2D eigenvalue weighted by Crippen LogP contribution is 2.46. The monoisotopic (exact) mass is 165 g/mol. The van der Waals surface area contributed by atoms with Crippen molar-refractivity contribution in [2.24, 2.45) is 17.3 Å². The van der Waals surface area contributed by atoms with E-state index in [0.717, 1.165) is 0 Å². The maximum absolute atomic E-state index is 11.4. The minimum Gasteiger partial charge on any atom is -0.299 e. The summed E-state index contributed by atoms with van der Waals surface area (Å²) in [5.74, 6) is 0.709. The SMILES string of the molecule is CC1C(=O)C[C@H](CC#N)C1(C)C. The maximum Gasteiger partial charge on any atom is 0.136 e. The molecule has 0 spiro atoms. The largest absolute Gasteiger partial charge is 0.299 e. The van der Waals surface area contributed by atoms with Gasteiger partial charge < -0.3 is 0 Å². The predicted octanol–water partition coefficient (Wildman–Crippen LogP) is 2.15. The lowest BCUT2D eigenvalue weighted by Gasteiger charge is -2.28. The fourth-order valence-corrected chi connectivity index (χ4v) is 1.90. The first-order valence-electron chi connectivity index (χ1n) is 4.39. The van der Waals surface area contributed by atoms with Crippen molar-refractivity contribution >= 4 is 5.78 Å². The highest BCUT2D eigenvalue weighted by atomic mass is 16.1. The van der Waals surface area contributed by atoms with Gasteiger partial charge in [0, 0.05) is 18.8 Å². The molecule has 0 heterocycles. The van der Waals surface area contributed by atoms with Crippen molar-refractivity contribution in [3.63, 3.8) is 0 Å². The smallest absolute Gasteiger partial charge is 0.136 e. The zero-order valence-corrected chi connectivity index (χ0v) is 7.92. The quantitative estimate of drug-likeness (QED) is 0.597. The van der Waals surface area contributed by atoms with E-state index in [2.05, 4.69) is 19.9 Å². The molecular weight excluding hydrogens is 150 g/mol. The Morgan fingerprint density at radius 2 is 2.25 bits per heavy atom. The number of ketones is 1. The van der Waals surface area contributed by atoms with Crippen LogP contribution >= 0.6 is 0 Å². The molecule has 0 N–H and O–H groups in total. The molecule has 0 aromatic carbocycles. The van der Waals surface area contributed by atoms with Crippen LogP contribution in [0.15, 0.2) is 0 Å². The molecule has 0 aliphatic heterocycles. The van der Waals surface area contributed by atoms with Gasteiger partial charge in [-0.05, 0) is 11.3 Å². The standard InChI is InChI=1S/C10H15NO/c1-7-9(12)6-8(4-5-11)10(7,2)3/h7-8H,4,6H2,1-3H3/t7?,8-/m0/s1. The van der Waals surface area contributed by atoms with Gasteiger partial charge in [-0.15, -0.1) is 0 Å². The number of nitrogens with zero attached hydrogens (tertiary/aromatic N) is 1. The Morgan fingerprint density at radius 3 is 2.58 bits per heavy atom. The van der Waals surface area contributed by atoms with Crippen molar-refractivity contribution in [1.82, 2.24) is 0 Å². The predicted molar refractivity (Wildman–Crippen MR) is 46.3 cm³/mol. The molecule has 2 nitrogen and oxygen atoms in total. The van der Waals surface area contributed by atoms with Gasteiger partial charge in [0.05, 0.1) is 6.07 Å². The maximum atomic E-state index is 11.4. The lowest BCUT2D eigenvalue weighted by atomic mass is 9.75. The molecule has 1 fully saturated rings. The number of hydrogen-bond donors (Lipinski definition) is 0. The molecule has 1 aliphatic carbocycles. The fourth-order valence-electron chi connectivity index (χ4n) is 1.90. The average Bonchev–Trinajstić information content (AvgIpc) is 2.17. The molecule has 66 valence electrons. The van der Waals surface area contributed by atoms with Crippen LogP contribution in [-0.2, 0) is 4.79 Å². The molecule has 12 heavy (non-hydrogen) atoms. The number of rotatable bonds is 1. The van der Waals surface area contributed by atoms with Crippen LogP contribution in [0.25, 0.3) is 0 Å². The molecule has 0 amide bonds. The van der Waals surface area contributed by atoms with Crippen molar-refractivity contribution in [3.8, 4) is 6.07 Å². The van der Waals surface area contributed by atoms with E-state index < -0.39 is 0 Å². The summed E-state index contributed by atoms with van der Waals surface area (Å²) < 4.78 is 0. The highest BCUT2D eigenvalue weighted by Gasteiger charge is 2.45. The molecule has 2 atom stereocenters. The van der Waals surface area contributed by atoms with Gasteiger partial charge in [-0.3, -0.25) is 4.79 Å². The summed E-state index contributed by atoms with van der Waals surface area (Å²) >= 11 is 0. The van der Waals surface area contributed by atoms with E-state index in [1.54, 1.807) is 0 Å². The van der Waals surface area contributed by atoms with E-state index in [-0.39, 0.29) is 17.3 Å². The number of nitriles is 1. The van der Waals surface area contributed by atoms with E-state index >= 15 is 0 Å². The third kappa shape index (κ3) is 1.24. The van der Waals surface area contributed by atoms with E-state index in [9.17, 15) is 4.79 Å². The van der Waals surface area contributed by atoms with Crippen LogP contribution in [0.4, 0.5) is 0 Å². The van der Waals surface area contributed by atoms with Gasteiger partial charge in [0.1, 0.15) is 5.78 Å². The summed E-state index contributed by atoms with van der Waals surface area (Å²) in [7, 11) is 0. The molecular formula is C10H15NO. The summed E-state index contributed by atoms with van der Waals surface area (Å²) in [6.07, 6.45) is 1.12. The van der Waals surface area contributed by atoms with Crippen molar-refractivity contribution in [2.45, 2.75) is 33.6 Å². The van der Waals surface area contributed by atoms with Crippen molar-refractivity contribution < 1.29 is 4.79 Å². The van der Waals surface area contributed by atoms with Crippen molar-refractivity contribution in [2.75, 3.05) is 0 Å². The lowest BCUT2D eigenvalue weighted by Crippen LogP contribution is -2.24. The van der Waals surface area contributed by atoms with Crippen LogP contribution < -0.4 is 0 Å². The van der Waals surface area contributed by atoms with Gasteiger partial charge in [-0.2, -0.15) is 5.26 Å². The van der Waals surface area contributed by atoms with Gasteiger partial charge in [0.15, 0.2) is 0 Å². The highest BCUT2D eigenvalue weighted by molar-refractivity contribution is 5.84. The second kappa shape index (κ2) is 2.90. The Balaban J connectivity index is 2.81. The lowest BCUT2D eigenvalue weighted by molar-refractivity contribution is -0.121. The summed E-state index contributed by atoms with van der Waals surface area (Å²) in [5.41, 5.74) is 0.0206. The first kappa shape index (κ1) is 9.25. The van der Waals surface area contributed by atoms with Gasteiger partial charge in [-0.1, -0.05) is 20.8 Å². The second-order valence-electron chi connectivity index (χ2n) is 4.27. The topological polar surface area (TPSA) is 40.9 Å². The zero-order chi connectivity index (χ0) is 9.35. The van der Waals surface area contributed by atoms with Crippen molar-refractivity contribution in [3.05, 3.63) is 0 Å². The van der Waals surface area contributed by atoms with Crippen LogP contribution in [-0.4, -0.2) is 5.78 Å². The van der Waals surface area contributed by atoms with Crippen LogP contribution in [0.3, 0.4) is 0 Å². The van der Waals surface area contributed by atoms with E-state index in [1.165, 1.54) is 0 Å².